The van der Waals surface area contributed by atoms with Crippen molar-refractivity contribution >= 4 is 22.8 Å². The van der Waals surface area contributed by atoms with Crippen molar-refractivity contribution in [2.24, 2.45) is 5.92 Å². The first-order valence-corrected chi connectivity index (χ1v) is 7.89. The van der Waals surface area contributed by atoms with Crippen LogP contribution in [0.1, 0.15) is 29.4 Å². The zero-order valence-corrected chi connectivity index (χ0v) is 13.4. The summed E-state index contributed by atoms with van der Waals surface area (Å²) >= 11 is 0. The second kappa shape index (κ2) is 6.36. The van der Waals surface area contributed by atoms with Crippen molar-refractivity contribution in [3.8, 4) is 0 Å². The fourth-order valence-electron chi connectivity index (χ4n) is 2.90. The molecule has 0 bridgehead atoms. The van der Waals surface area contributed by atoms with Gasteiger partial charge in [-0.2, -0.15) is 0 Å². The highest BCUT2D eigenvalue weighted by Gasteiger charge is 2.29. The standard InChI is InChI=1S/C18H20N2O3/c1-3-20-10-13(8-17(20)21)11-23-18(22)15-6-7-16-14(9-15)5-4-12(2)19-16/h4-7,9,13H,3,8,10-11H2,1-2H3/t13-/m0/s1. The van der Waals surface area contributed by atoms with E-state index in [0.717, 1.165) is 16.6 Å². The zero-order valence-electron chi connectivity index (χ0n) is 13.4. The molecule has 1 atom stereocenters. The molecule has 120 valence electrons. The number of amides is 1. The van der Waals surface area contributed by atoms with Gasteiger partial charge in [-0.25, -0.2) is 4.79 Å². The van der Waals surface area contributed by atoms with Crippen molar-refractivity contribution in [3.05, 3.63) is 41.6 Å². The number of fused-ring (bicyclic) bond motifs is 1. The normalized spacial score (nSPS) is 17.7. The molecule has 0 radical (unpaired) electrons. The summed E-state index contributed by atoms with van der Waals surface area (Å²) in [7, 11) is 0. The van der Waals surface area contributed by atoms with Crippen LogP contribution in [-0.4, -0.2) is 41.5 Å². The predicted molar refractivity (Wildman–Crippen MR) is 87.1 cm³/mol. The number of aryl methyl sites for hydroxylation is 1. The average molecular weight is 312 g/mol. The molecule has 1 aromatic carbocycles. The molecule has 1 aliphatic heterocycles. The molecule has 1 saturated heterocycles. The number of hydrogen-bond acceptors (Lipinski definition) is 4. The van der Waals surface area contributed by atoms with Gasteiger partial charge in [0.25, 0.3) is 0 Å². The van der Waals surface area contributed by atoms with Crippen molar-refractivity contribution < 1.29 is 14.3 Å². The van der Waals surface area contributed by atoms with Gasteiger partial charge in [-0.05, 0) is 38.1 Å². The average Bonchev–Trinajstić information content (AvgIpc) is 2.92. The Bertz CT molecular complexity index is 757. The first-order valence-electron chi connectivity index (χ1n) is 7.89. The van der Waals surface area contributed by atoms with E-state index in [0.29, 0.717) is 25.1 Å². The van der Waals surface area contributed by atoms with Gasteiger partial charge in [0, 0.05) is 36.5 Å². The molecule has 5 nitrogen and oxygen atoms in total. The SMILES string of the molecule is CCN1C[C@@H](COC(=O)c2ccc3nc(C)ccc3c2)CC1=O. The summed E-state index contributed by atoms with van der Waals surface area (Å²) < 4.78 is 5.39. The molecule has 0 unspecified atom stereocenters. The molecular formula is C18H20N2O3. The summed E-state index contributed by atoms with van der Waals surface area (Å²) in [5.74, 6) is -0.119. The molecular weight excluding hydrogens is 292 g/mol. The minimum absolute atomic E-state index is 0.0937. The van der Waals surface area contributed by atoms with E-state index >= 15 is 0 Å². The summed E-state index contributed by atoms with van der Waals surface area (Å²) in [5, 5.41) is 0.915. The first-order chi connectivity index (χ1) is 11.1. The van der Waals surface area contributed by atoms with Gasteiger partial charge in [0.15, 0.2) is 0 Å². The predicted octanol–water partition coefficient (Wildman–Crippen LogP) is 2.57. The van der Waals surface area contributed by atoms with Crippen LogP contribution in [0.25, 0.3) is 10.9 Å². The van der Waals surface area contributed by atoms with E-state index in [1.165, 1.54) is 0 Å². The van der Waals surface area contributed by atoms with E-state index in [1.807, 2.05) is 32.0 Å². The maximum absolute atomic E-state index is 12.2. The highest BCUT2D eigenvalue weighted by Crippen LogP contribution is 2.19. The summed E-state index contributed by atoms with van der Waals surface area (Å²) in [6.07, 6.45) is 0.460. The van der Waals surface area contributed by atoms with Crippen LogP contribution in [-0.2, 0) is 9.53 Å². The number of nitrogens with zero attached hydrogens (tertiary/aromatic N) is 2. The lowest BCUT2D eigenvalue weighted by molar-refractivity contribution is -0.127. The van der Waals surface area contributed by atoms with Crippen molar-refractivity contribution in [2.75, 3.05) is 19.7 Å². The molecule has 1 fully saturated rings. The lowest BCUT2D eigenvalue weighted by atomic mass is 10.1. The van der Waals surface area contributed by atoms with Crippen molar-refractivity contribution in [2.45, 2.75) is 20.3 Å². The minimum Gasteiger partial charge on any atom is -0.462 e. The monoisotopic (exact) mass is 312 g/mol. The first kappa shape index (κ1) is 15.5. The summed E-state index contributed by atoms with van der Waals surface area (Å²) in [6.45, 7) is 5.55. The molecule has 5 heteroatoms. The topological polar surface area (TPSA) is 59.5 Å². The van der Waals surface area contributed by atoms with Gasteiger partial charge < -0.3 is 9.64 Å². The number of rotatable bonds is 4. The van der Waals surface area contributed by atoms with Crippen LogP contribution >= 0.6 is 0 Å². The Morgan fingerprint density at radius 1 is 1.35 bits per heavy atom. The van der Waals surface area contributed by atoms with Crippen LogP contribution in [0.15, 0.2) is 30.3 Å². The molecule has 0 aliphatic carbocycles. The second-order valence-electron chi connectivity index (χ2n) is 5.96. The maximum atomic E-state index is 12.2. The van der Waals surface area contributed by atoms with Gasteiger partial charge in [-0.3, -0.25) is 9.78 Å². The number of hydrogen-bond donors (Lipinski definition) is 0. The highest BCUT2D eigenvalue weighted by molar-refractivity contribution is 5.94. The third-order valence-corrected chi connectivity index (χ3v) is 4.19. The Balaban J connectivity index is 1.64. The number of aromatic nitrogens is 1. The van der Waals surface area contributed by atoms with Crippen LogP contribution in [0.5, 0.6) is 0 Å². The third kappa shape index (κ3) is 3.33. The van der Waals surface area contributed by atoms with Crippen LogP contribution in [0, 0.1) is 12.8 Å². The molecule has 1 aromatic heterocycles. The van der Waals surface area contributed by atoms with E-state index in [9.17, 15) is 9.59 Å². The molecule has 2 aromatic rings. The van der Waals surface area contributed by atoms with Gasteiger partial charge in [0.05, 0.1) is 17.7 Å². The Morgan fingerprint density at radius 3 is 2.91 bits per heavy atom. The Labute approximate surface area is 135 Å². The van der Waals surface area contributed by atoms with Gasteiger partial charge >= 0.3 is 5.97 Å². The maximum Gasteiger partial charge on any atom is 0.338 e. The van der Waals surface area contributed by atoms with Crippen molar-refractivity contribution in [1.82, 2.24) is 9.88 Å². The molecule has 23 heavy (non-hydrogen) atoms. The smallest absolute Gasteiger partial charge is 0.338 e. The summed E-state index contributed by atoms with van der Waals surface area (Å²) in [5.41, 5.74) is 2.32. The number of likely N-dealkylation sites (tertiary alicyclic amines) is 1. The fraction of sp³-hybridized carbons (Fsp3) is 0.389. The van der Waals surface area contributed by atoms with Crippen molar-refractivity contribution in [3.63, 3.8) is 0 Å². The van der Waals surface area contributed by atoms with E-state index < -0.39 is 0 Å². The molecule has 0 saturated carbocycles. The van der Waals surface area contributed by atoms with Gasteiger partial charge in [-0.1, -0.05) is 6.07 Å². The van der Waals surface area contributed by atoms with Gasteiger partial charge in [-0.15, -0.1) is 0 Å². The van der Waals surface area contributed by atoms with Gasteiger partial charge in [0.2, 0.25) is 5.91 Å². The number of carbonyl (C=O) groups excluding carboxylic acids is 2. The van der Waals surface area contributed by atoms with Crippen LogP contribution < -0.4 is 0 Å². The molecule has 0 spiro atoms. The quantitative estimate of drug-likeness (QED) is 0.814. The number of esters is 1. The van der Waals surface area contributed by atoms with E-state index in [2.05, 4.69) is 4.98 Å². The van der Waals surface area contributed by atoms with Crippen LogP contribution in [0.4, 0.5) is 0 Å². The summed E-state index contributed by atoms with van der Waals surface area (Å²) in [4.78, 5) is 30.1. The van der Waals surface area contributed by atoms with E-state index in [1.54, 1.807) is 17.0 Å². The molecule has 0 N–H and O–H groups in total. The Morgan fingerprint density at radius 2 is 2.17 bits per heavy atom. The fourth-order valence-corrected chi connectivity index (χ4v) is 2.90. The molecule has 1 amide bonds. The zero-order chi connectivity index (χ0) is 16.4. The lowest BCUT2D eigenvalue weighted by Gasteiger charge is -2.13. The number of benzene rings is 1. The summed E-state index contributed by atoms with van der Waals surface area (Å²) in [6, 6.07) is 9.22. The molecule has 2 heterocycles. The number of pyridine rings is 1. The molecule has 1 aliphatic rings. The lowest BCUT2D eigenvalue weighted by Crippen LogP contribution is -2.25. The van der Waals surface area contributed by atoms with E-state index in [4.69, 9.17) is 4.74 Å². The largest absolute Gasteiger partial charge is 0.462 e. The molecule has 3 rings (SSSR count). The third-order valence-electron chi connectivity index (χ3n) is 4.19. The van der Waals surface area contributed by atoms with Crippen LogP contribution in [0.3, 0.4) is 0 Å². The second-order valence-corrected chi connectivity index (χ2v) is 5.96. The van der Waals surface area contributed by atoms with Gasteiger partial charge in [0.1, 0.15) is 0 Å². The Kier molecular flexibility index (Phi) is 4.28. The van der Waals surface area contributed by atoms with Crippen molar-refractivity contribution in [1.29, 1.82) is 0 Å². The van der Waals surface area contributed by atoms with E-state index in [-0.39, 0.29) is 24.4 Å². The Hall–Kier alpha value is -2.43. The number of ether oxygens (including phenoxy) is 1. The highest BCUT2D eigenvalue weighted by atomic mass is 16.5. The number of carbonyl (C=O) groups is 2. The van der Waals surface area contributed by atoms with Crippen LogP contribution in [0.2, 0.25) is 0 Å². The minimum atomic E-state index is -0.352.